The SMILES string of the molecule is COc1ccc(NC(=O)c2cn[nH]c2)cc1OCCO. The number of carbonyl (C=O) groups excluding carboxylic acids is 1. The number of amides is 1. The van der Waals surface area contributed by atoms with Crippen LogP contribution in [0.4, 0.5) is 5.69 Å². The van der Waals surface area contributed by atoms with E-state index in [9.17, 15) is 4.79 Å². The van der Waals surface area contributed by atoms with Gasteiger partial charge in [-0.05, 0) is 12.1 Å². The van der Waals surface area contributed by atoms with Gasteiger partial charge in [0.15, 0.2) is 11.5 Å². The van der Waals surface area contributed by atoms with Crippen molar-refractivity contribution in [1.29, 1.82) is 0 Å². The van der Waals surface area contributed by atoms with Crippen LogP contribution in [0.3, 0.4) is 0 Å². The smallest absolute Gasteiger partial charge is 0.258 e. The number of benzene rings is 1. The molecule has 0 spiro atoms. The van der Waals surface area contributed by atoms with Gasteiger partial charge in [-0.25, -0.2) is 0 Å². The summed E-state index contributed by atoms with van der Waals surface area (Å²) in [5.74, 6) is 0.698. The molecular weight excluding hydrogens is 262 g/mol. The lowest BCUT2D eigenvalue weighted by molar-refractivity contribution is 0.102. The maximum absolute atomic E-state index is 11.9. The summed E-state index contributed by atoms with van der Waals surface area (Å²) in [4.78, 5) is 11.9. The highest BCUT2D eigenvalue weighted by Crippen LogP contribution is 2.30. The number of hydrogen-bond acceptors (Lipinski definition) is 5. The van der Waals surface area contributed by atoms with Crippen molar-refractivity contribution in [3.05, 3.63) is 36.2 Å². The molecule has 1 aromatic heterocycles. The van der Waals surface area contributed by atoms with Gasteiger partial charge in [-0.1, -0.05) is 0 Å². The van der Waals surface area contributed by atoms with Gasteiger partial charge in [0.05, 0.1) is 25.5 Å². The largest absolute Gasteiger partial charge is 0.493 e. The zero-order chi connectivity index (χ0) is 14.4. The van der Waals surface area contributed by atoms with Crippen molar-refractivity contribution in [3.63, 3.8) is 0 Å². The van der Waals surface area contributed by atoms with Crippen LogP contribution in [0.15, 0.2) is 30.6 Å². The minimum absolute atomic E-state index is 0.102. The fourth-order valence-electron chi connectivity index (χ4n) is 1.60. The zero-order valence-corrected chi connectivity index (χ0v) is 10.9. The molecule has 0 unspecified atom stereocenters. The third-order valence-electron chi connectivity index (χ3n) is 2.53. The molecule has 0 saturated carbocycles. The lowest BCUT2D eigenvalue weighted by atomic mass is 10.2. The van der Waals surface area contributed by atoms with Crippen LogP contribution in [0, 0.1) is 0 Å². The van der Waals surface area contributed by atoms with Gasteiger partial charge in [0.2, 0.25) is 0 Å². The van der Waals surface area contributed by atoms with E-state index in [2.05, 4.69) is 15.5 Å². The van der Waals surface area contributed by atoms with Gasteiger partial charge < -0.3 is 19.9 Å². The quantitative estimate of drug-likeness (QED) is 0.733. The Morgan fingerprint density at radius 2 is 2.30 bits per heavy atom. The number of aliphatic hydroxyl groups is 1. The Labute approximate surface area is 115 Å². The van der Waals surface area contributed by atoms with Crippen LogP contribution in [0.5, 0.6) is 11.5 Å². The van der Waals surface area contributed by atoms with Crippen molar-refractivity contribution in [2.75, 3.05) is 25.6 Å². The summed E-state index contributed by atoms with van der Waals surface area (Å²) >= 11 is 0. The molecule has 7 heteroatoms. The molecule has 0 atom stereocenters. The van der Waals surface area contributed by atoms with Crippen LogP contribution in [-0.2, 0) is 0 Å². The zero-order valence-electron chi connectivity index (χ0n) is 10.9. The summed E-state index contributed by atoms with van der Waals surface area (Å²) in [7, 11) is 1.52. The number of aliphatic hydroxyl groups excluding tert-OH is 1. The molecule has 1 aromatic carbocycles. The summed E-state index contributed by atoms with van der Waals surface area (Å²) < 4.78 is 10.5. The number of nitrogens with zero attached hydrogens (tertiary/aromatic N) is 1. The van der Waals surface area contributed by atoms with Crippen molar-refractivity contribution in [2.24, 2.45) is 0 Å². The number of aromatic amines is 1. The minimum Gasteiger partial charge on any atom is -0.493 e. The number of H-pyrrole nitrogens is 1. The Balaban J connectivity index is 2.13. The van der Waals surface area contributed by atoms with E-state index in [1.54, 1.807) is 18.2 Å². The Kier molecular flexibility index (Phi) is 4.56. The van der Waals surface area contributed by atoms with Gasteiger partial charge >= 0.3 is 0 Å². The summed E-state index contributed by atoms with van der Waals surface area (Å²) in [6.07, 6.45) is 2.93. The molecule has 20 heavy (non-hydrogen) atoms. The molecule has 2 rings (SSSR count). The van der Waals surface area contributed by atoms with Gasteiger partial charge in [0, 0.05) is 18.0 Å². The highest BCUT2D eigenvalue weighted by Gasteiger charge is 2.10. The molecule has 0 radical (unpaired) electrons. The molecular formula is C13H15N3O4. The molecule has 1 amide bonds. The first-order valence-corrected chi connectivity index (χ1v) is 5.96. The lowest BCUT2D eigenvalue weighted by Gasteiger charge is -2.12. The van der Waals surface area contributed by atoms with E-state index in [0.717, 1.165) is 0 Å². The van der Waals surface area contributed by atoms with E-state index in [-0.39, 0.29) is 19.1 Å². The second-order valence-corrected chi connectivity index (χ2v) is 3.88. The number of nitrogens with one attached hydrogen (secondary N) is 2. The average molecular weight is 277 g/mol. The fraction of sp³-hybridized carbons (Fsp3) is 0.231. The predicted molar refractivity (Wildman–Crippen MR) is 72.1 cm³/mol. The number of ether oxygens (including phenoxy) is 2. The van der Waals surface area contributed by atoms with Crippen LogP contribution >= 0.6 is 0 Å². The topological polar surface area (TPSA) is 96.5 Å². The highest BCUT2D eigenvalue weighted by atomic mass is 16.5. The van der Waals surface area contributed by atoms with Crippen LogP contribution in [-0.4, -0.2) is 41.5 Å². The van der Waals surface area contributed by atoms with Gasteiger partial charge in [0.25, 0.3) is 5.91 Å². The van der Waals surface area contributed by atoms with E-state index >= 15 is 0 Å². The van der Waals surface area contributed by atoms with E-state index in [1.807, 2.05) is 0 Å². The fourth-order valence-corrected chi connectivity index (χ4v) is 1.60. The molecule has 0 aliphatic rings. The van der Waals surface area contributed by atoms with Crippen LogP contribution < -0.4 is 14.8 Å². The van der Waals surface area contributed by atoms with Crippen molar-refractivity contribution >= 4 is 11.6 Å². The van der Waals surface area contributed by atoms with Gasteiger partial charge in [-0.2, -0.15) is 5.10 Å². The van der Waals surface area contributed by atoms with Crippen LogP contribution in [0.25, 0.3) is 0 Å². The number of anilines is 1. The summed E-state index contributed by atoms with van der Waals surface area (Å²) in [6.45, 7) is 0.0459. The number of rotatable bonds is 6. The standard InChI is InChI=1S/C13H15N3O4/c1-19-11-3-2-10(6-12(11)20-5-4-17)16-13(18)9-7-14-15-8-9/h2-3,6-8,17H,4-5H2,1H3,(H,14,15)(H,16,18). The Morgan fingerprint density at radius 1 is 1.45 bits per heavy atom. The van der Waals surface area contributed by atoms with E-state index in [0.29, 0.717) is 22.7 Å². The first-order valence-electron chi connectivity index (χ1n) is 5.96. The number of methoxy groups -OCH3 is 1. The molecule has 2 aromatic rings. The monoisotopic (exact) mass is 277 g/mol. The van der Waals surface area contributed by atoms with Gasteiger partial charge in [0.1, 0.15) is 6.61 Å². The normalized spacial score (nSPS) is 10.1. The number of hydrogen-bond donors (Lipinski definition) is 3. The van der Waals surface area contributed by atoms with Gasteiger partial charge in [-0.3, -0.25) is 9.89 Å². The molecule has 0 aliphatic carbocycles. The molecule has 106 valence electrons. The van der Waals surface area contributed by atoms with Crippen molar-refractivity contribution < 1.29 is 19.4 Å². The molecule has 1 heterocycles. The molecule has 0 aliphatic heterocycles. The second kappa shape index (κ2) is 6.58. The first-order chi connectivity index (χ1) is 9.74. The predicted octanol–water partition coefficient (Wildman–Crippen LogP) is 1.04. The lowest BCUT2D eigenvalue weighted by Crippen LogP contribution is -2.11. The third kappa shape index (κ3) is 3.27. The van der Waals surface area contributed by atoms with E-state index in [1.165, 1.54) is 19.5 Å². The molecule has 3 N–H and O–H groups in total. The summed E-state index contributed by atoms with van der Waals surface area (Å²) in [5, 5.41) is 17.8. The average Bonchev–Trinajstić information content (AvgIpc) is 2.99. The third-order valence-corrected chi connectivity index (χ3v) is 2.53. The van der Waals surface area contributed by atoms with Crippen LogP contribution in [0.1, 0.15) is 10.4 Å². The van der Waals surface area contributed by atoms with Crippen molar-refractivity contribution in [1.82, 2.24) is 10.2 Å². The van der Waals surface area contributed by atoms with E-state index in [4.69, 9.17) is 14.6 Å². The second-order valence-electron chi connectivity index (χ2n) is 3.88. The maximum Gasteiger partial charge on any atom is 0.258 e. The molecule has 7 nitrogen and oxygen atoms in total. The molecule has 0 fully saturated rings. The highest BCUT2D eigenvalue weighted by molar-refractivity contribution is 6.04. The first kappa shape index (κ1) is 13.9. The van der Waals surface area contributed by atoms with Crippen LogP contribution in [0.2, 0.25) is 0 Å². The number of aromatic nitrogens is 2. The Hall–Kier alpha value is -2.54. The van der Waals surface area contributed by atoms with Crippen molar-refractivity contribution in [2.45, 2.75) is 0 Å². The molecule has 0 bridgehead atoms. The molecule has 0 saturated heterocycles. The van der Waals surface area contributed by atoms with Crippen molar-refractivity contribution in [3.8, 4) is 11.5 Å². The Morgan fingerprint density at radius 3 is 2.95 bits per heavy atom. The number of carbonyl (C=O) groups is 1. The Bertz CT molecular complexity index is 569. The summed E-state index contributed by atoms with van der Waals surface area (Å²) in [6, 6.07) is 5.01. The maximum atomic E-state index is 11.9. The van der Waals surface area contributed by atoms with Gasteiger partial charge in [-0.15, -0.1) is 0 Å². The van der Waals surface area contributed by atoms with E-state index < -0.39 is 0 Å². The summed E-state index contributed by atoms with van der Waals surface area (Å²) in [5.41, 5.74) is 0.989. The minimum atomic E-state index is -0.281.